The van der Waals surface area contributed by atoms with Crippen LogP contribution in [0.5, 0.6) is 0 Å². The van der Waals surface area contributed by atoms with Crippen LogP contribution in [0.15, 0.2) is 42.5 Å². The van der Waals surface area contributed by atoms with E-state index in [4.69, 9.17) is 0 Å². The van der Waals surface area contributed by atoms with Gasteiger partial charge in [0.05, 0.1) is 6.04 Å². The van der Waals surface area contributed by atoms with Crippen LogP contribution < -0.4 is 10.2 Å². The van der Waals surface area contributed by atoms with E-state index < -0.39 is 17.5 Å². The summed E-state index contributed by atoms with van der Waals surface area (Å²) in [5.41, 5.74) is 2.23. The number of anilines is 1. The van der Waals surface area contributed by atoms with Crippen LogP contribution in [0.4, 0.5) is 14.5 Å². The lowest BCUT2D eigenvalue weighted by Gasteiger charge is -2.33. The van der Waals surface area contributed by atoms with Crippen molar-refractivity contribution in [1.82, 2.24) is 5.32 Å². The highest BCUT2D eigenvalue weighted by Gasteiger charge is 2.24. The van der Waals surface area contributed by atoms with Crippen molar-refractivity contribution in [3.05, 3.63) is 65.2 Å². The summed E-state index contributed by atoms with van der Waals surface area (Å²) in [5.74, 6) is -2.37. The number of rotatable bonds is 2. The van der Waals surface area contributed by atoms with Crippen molar-refractivity contribution in [3.63, 3.8) is 0 Å². The third-order valence-electron chi connectivity index (χ3n) is 3.96. The molecular formula is C17H16F2N2O. The SMILES string of the molecule is CN1CCC(NC(=O)c2ccc(F)c(F)c2)c2ccccc21. The summed E-state index contributed by atoms with van der Waals surface area (Å²) in [7, 11) is 2.01. The molecule has 5 heteroatoms. The van der Waals surface area contributed by atoms with Crippen LogP contribution in [0, 0.1) is 11.6 Å². The van der Waals surface area contributed by atoms with Crippen molar-refractivity contribution in [2.24, 2.45) is 0 Å². The Labute approximate surface area is 127 Å². The molecule has 0 saturated heterocycles. The van der Waals surface area contributed by atoms with Crippen molar-refractivity contribution in [2.75, 3.05) is 18.5 Å². The zero-order valence-corrected chi connectivity index (χ0v) is 12.1. The predicted octanol–water partition coefficient (Wildman–Crippen LogP) is 3.28. The maximum absolute atomic E-state index is 13.2. The summed E-state index contributed by atoms with van der Waals surface area (Å²) in [6, 6.07) is 10.9. The molecule has 0 saturated carbocycles. The Hall–Kier alpha value is -2.43. The van der Waals surface area contributed by atoms with Crippen molar-refractivity contribution in [3.8, 4) is 0 Å². The highest BCUT2D eigenvalue weighted by molar-refractivity contribution is 5.94. The van der Waals surface area contributed by atoms with Gasteiger partial charge in [0.1, 0.15) is 0 Å². The molecule has 0 aromatic heterocycles. The molecule has 0 aliphatic carbocycles. The smallest absolute Gasteiger partial charge is 0.251 e. The van der Waals surface area contributed by atoms with Gasteiger partial charge in [-0.2, -0.15) is 0 Å². The van der Waals surface area contributed by atoms with Gasteiger partial charge in [-0.3, -0.25) is 4.79 Å². The molecule has 0 bridgehead atoms. The standard InChI is InChI=1S/C17H16F2N2O/c1-21-9-8-15(12-4-2-3-5-16(12)21)20-17(22)11-6-7-13(18)14(19)10-11/h2-7,10,15H,8-9H2,1H3,(H,20,22). The highest BCUT2D eigenvalue weighted by atomic mass is 19.2. The number of amides is 1. The Morgan fingerprint density at radius 1 is 1.18 bits per heavy atom. The quantitative estimate of drug-likeness (QED) is 0.923. The van der Waals surface area contributed by atoms with Crippen LogP contribution in [0.25, 0.3) is 0 Å². The average Bonchev–Trinajstić information content (AvgIpc) is 2.53. The van der Waals surface area contributed by atoms with E-state index >= 15 is 0 Å². The first-order valence-electron chi connectivity index (χ1n) is 7.12. The van der Waals surface area contributed by atoms with Crippen LogP contribution in [0.3, 0.4) is 0 Å². The maximum atomic E-state index is 13.2. The number of carbonyl (C=O) groups is 1. The average molecular weight is 302 g/mol. The molecule has 1 amide bonds. The fraction of sp³-hybridized carbons (Fsp3) is 0.235. The molecule has 1 atom stereocenters. The lowest BCUT2D eigenvalue weighted by molar-refractivity contribution is 0.0933. The lowest BCUT2D eigenvalue weighted by Crippen LogP contribution is -2.36. The Balaban J connectivity index is 1.83. The third-order valence-corrected chi connectivity index (χ3v) is 3.96. The lowest BCUT2D eigenvalue weighted by atomic mass is 9.96. The molecule has 0 fully saturated rings. The van der Waals surface area contributed by atoms with Gasteiger partial charge in [0.2, 0.25) is 0 Å². The van der Waals surface area contributed by atoms with Crippen LogP contribution in [0.1, 0.15) is 28.4 Å². The molecule has 114 valence electrons. The van der Waals surface area contributed by atoms with Crippen molar-refractivity contribution >= 4 is 11.6 Å². The molecule has 3 rings (SSSR count). The normalized spacial score (nSPS) is 17.0. The molecule has 1 N–H and O–H groups in total. The fourth-order valence-electron chi connectivity index (χ4n) is 2.76. The fourth-order valence-corrected chi connectivity index (χ4v) is 2.76. The second-order valence-electron chi connectivity index (χ2n) is 5.42. The minimum Gasteiger partial charge on any atom is -0.374 e. The van der Waals surface area contributed by atoms with Crippen molar-refractivity contribution in [1.29, 1.82) is 0 Å². The molecule has 22 heavy (non-hydrogen) atoms. The van der Waals surface area contributed by atoms with Gasteiger partial charge in [0.15, 0.2) is 11.6 Å². The first-order chi connectivity index (χ1) is 10.6. The molecule has 3 nitrogen and oxygen atoms in total. The number of hydrogen-bond acceptors (Lipinski definition) is 2. The van der Waals surface area contributed by atoms with Crippen molar-refractivity contribution < 1.29 is 13.6 Å². The molecule has 0 radical (unpaired) electrons. The summed E-state index contributed by atoms with van der Waals surface area (Å²) in [5, 5.41) is 2.90. The molecular weight excluding hydrogens is 286 g/mol. The number of fused-ring (bicyclic) bond motifs is 1. The van der Waals surface area contributed by atoms with E-state index in [-0.39, 0.29) is 11.6 Å². The van der Waals surface area contributed by atoms with Gasteiger partial charge in [-0.25, -0.2) is 8.78 Å². The summed E-state index contributed by atoms with van der Waals surface area (Å²) >= 11 is 0. The first kappa shape index (κ1) is 14.5. The zero-order valence-electron chi connectivity index (χ0n) is 12.1. The van der Waals surface area contributed by atoms with Crippen LogP contribution >= 0.6 is 0 Å². The van der Waals surface area contributed by atoms with Crippen LogP contribution in [0.2, 0.25) is 0 Å². The van der Waals surface area contributed by atoms with Gasteiger partial charge in [-0.05, 0) is 36.2 Å². The molecule has 1 heterocycles. The highest BCUT2D eigenvalue weighted by Crippen LogP contribution is 2.32. The second kappa shape index (κ2) is 5.75. The molecule has 2 aromatic carbocycles. The van der Waals surface area contributed by atoms with Crippen LogP contribution in [-0.4, -0.2) is 19.5 Å². The van der Waals surface area contributed by atoms with E-state index in [0.717, 1.165) is 36.3 Å². The second-order valence-corrected chi connectivity index (χ2v) is 5.42. The third kappa shape index (κ3) is 2.66. The van der Waals surface area contributed by atoms with E-state index in [1.54, 1.807) is 0 Å². The van der Waals surface area contributed by atoms with Crippen molar-refractivity contribution in [2.45, 2.75) is 12.5 Å². The summed E-state index contributed by atoms with van der Waals surface area (Å²) in [6.45, 7) is 0.819. The van der Waals surface area contributed by atoms with Crippen LogP contribution in [-0.2, 0) is 0 Å². The number of benzene rings is 2. The van der Waals surface area contributed by atoms with E-state index in [1.807, 2.05) is 31.3 Å². The molecule has 2 aromatic rings. The Morgan fingerprint density at radius 2 is 1.95 bits per heavy atom. The van der Waals surface area contributed by atoms with E-state index in [0.29, 0.717) is 0 Å². The summed E-state index contributed by atoms with van der Waals surface area (Å²) < 4.78 is 26.2. The maximum Gasteiger partial charge on any atom is 0.251 e. The minimum absolute atomic E-state index is 0.121. The summed E-state index contributed by atoms with van der Waals surface area (Å²) in [4.78, 5) is 14.4. The number of nitrogens with one attached hydrogen (secondary N) is 1. The largest absolute Gasteiger partial charge is 0.374 e. The number of carbonyl (C=O) groups excluding carboxylic acids is 1. The van der Waals surface area contributed by atoms with Gasteiger partial charge in [-0.1, -0.05) is 18.2 Å². The van der Waals surface area contributed by atoms with E-state index in [2.05, 4.69) is 10.2 Å². The molecule has 1 unspecified atom stereocenters. The Bertz CT molecular complexity index is 718. The number of halogens is 2. The van der Waals surface area contributed by atoms with Gasteiger partial charge in [-0.15, -0.1) is 0 Å². The van der Waals surface area contributed by atoms with E-state index in [9.17, 15) is 13.6 Å². The van der Waals surface area contributed by atoms with Gasteiger partial charge >= 0.3 is 0 Å². The minimum atomic E-state index is -1.02. The predicted molar refractivity (Wildman–Crippen MR) is 80.9 cm³/mol. The molecule has 0 spiro atoms. The zero-order chi connectivity index (χ0) is 15.7. The molecule has 1 aliphatic heterocycles. The van der Waals surface area contributed by atoms with Gasteiger partial charge < -0.3 is 10.2 Å². The first-order valence-corrected chi connectivity index (χ1v) is 7.12. The molecule has 1 aliphatic rings. The Morgan fingerprint density at radius 3 is 2.73 bits per heavy atom. The Kier molecular flexibility index (Phi) is 3.79. The van der Waals surface area contributed by atoms with E-state index in [1.165, 1.54) is 6.07 Å². The number of para-hydroxylation sites is 1. The number of hydrogen-bond donors (Lipinski definition) is 1. The van der Waals surface area contributed by atoms with Gasteiger partial charge in [0, 0.05) is 24.8 Å². The topological polar surface area (TPSA) is 32.3 Å². The monoisotopic (exact) mass is 302 g/mol. The van der Waals surface area contributed by atoms with Gasteiger partial charge in [0.25, 0.3) is 5.91 Å². The number of nitrogens with zero attached hydrogens (tertiary/aromatic N) is 1. The summed E-state index contributed by atoms with van der Waals surface area (Å²) in [6.07, 6.45) is 0.767.